The predicted molar refractivity (Wildman–Crippen MR) is 75.1 cm³/mol. The van der Waals surface area contributed by atoms with Crippen LogP contribution in [0, 0.1) is 11.3 Å². The lowest BCUT2D eigenvalue weighted by Gasteiger charge is -2.13. The first-order chi connectivity index (χ1) is 9.10. The maximum Gasteiger partial charge on any atom is 0.323 e. The number of hydrogen-bond donors (Lipinski definition) is 0. The standard InChI is InChI=1S/C14H12BrN3O/c1-9(2)12-7-10(15)3-4-13(12)19-14-17-6-5-11(8-16)18-14/h3-7,9H,1-2H3. The van der Waals surface area contributed by atoms with Crippen LogP contribution >= 0.6 is 15.9 Å². The molecule has 2 aromatic rings. The van der Waals surface area contributed by atoms with Gasteiger partial charge in [0.2, 0.25) is 0 Å². The molecule has 0 N–H and O–H groups in total. The summed E-state index contributed by atoms with van der Waals surface area (Å²) in [7, 11) is 0. The van der Waals surface area contributed by atoms with Crippen molar-refractivity contribution in [3.8, 4) is 17.8 Å². The van der Waals surface area contributed by atoms with Crippen molar-refractivity contribution >= 4 is 15.9 Å². The summed E-state index contributed by atoms with van der Waals surface area (Å²) in [6.07, 6.45) is 1.51. The first-order valence-electron chi connectivity index (χ1n) is 5.80. The van der Waals surface area contributed by atoms with Gasteiger partial charge in [-0.15, -0.1) is 0 Å². The Balaban J connectivity index is 2.35. The van der Waals surface area contributed by atoms with E-state index >= 15 is 0 Å². The third-order valence-electron chi connectivity index (χ3n) is 2.54. The minimum atomic E-state index is 0.184. The fourth-order valence-electron chi connectivity index (χ4n) is 1.61. The van der Waals surface area contributed by atoms with Gasteiger partial charge in [-0.2, -0.15) is 10.2 Å². The van der Waals surface area contributed by atoms with Crippen molar-refractivity contribution in [1.29, 1.82) is 5.26 Å². The van der Waals surface area contributed by atoms with Crippen molar-refractivity contribution in [1.82, 2.24) is 9.97 Å². The van der Waals surface area contributed by atoms with Gasteiger partial charge in [-0.1, -0.05) is 29.8 Å². The van der Waals surface area contributed by atoms with Crippen molar-refractivity contribution in [3.05, 3.63) is 46.2 Å². The fourth-order valence-corrected chi connectivity index (χ4v) is 1.99. The van der Waals surface area contributed by atoms with E-state index in [1.807, 2.05) is 24.3 Å². The molecule has 0 fully saturated rings. The third-order valence-corrected chi connectivity index (χ3v) is 3.04. The number of ether oxygens (including phenoxy) is 1. The number of nitriles is 1. The van der Waals surface area contributed by atoms with E-state index in [0.717, 1.165) is 10.0 Å². The molecule has 0 radical (unpaired) electrons. The molecule has 0 saturated carbocycles. The van der Waals surface area contributed by atoms with Gasteiger partial charge in [0.25, 0.3) is 0 Å². The second-order valence-electron chi connectivity index (χ2n) is 4.28. The number of halogens is 1. The van der Waals surface area contributed by atoms with E-state index in [1.165, 1.54) is 12.3 Å². The number of aromatic nitrogens is 2. The second kappa shape index (κ2) is 5.81. The molecule has 4 nitrogen and oxygen atoms in total. The molecule has 0 bridgehead atoms. The SMILES string of the molecule is CC(C)c1cc(Br)ccc1Oc1nccc(C#N)n1. The second-order valence-corrected chi connectivity index (χ2v) is 5.19. The van der Waals surface area contributed by atoms with Crippen molar-refractivity contribution < 1.29 is 4.74 Å². The molecule has 1 aromatic carbocycles. The average Bonchev–Trinajstić information content (AvgIpc) is 2.41. The van der Waals surface area contributed by atoms with Gasteiger partial charge in [0.1, 0.15) is 17.5 Å². The van der Waals surface area contributed by atoms with Crippen LogP contribution in [0.1, 0.15) is 31.0 Å². The molecular weight excluding hydrogens is 306 g/mol. The van der Waals surface area contributed by atoms with E-state index in [0.29, 0.717) is 11.7 Å². The van der Waals surface area contributed by atoms with E-state index in [4.69, 9.17) is 10.00 Å². The van der Waals surface area contributed by atoms with E-state index in [1.54, 1.807) is 0 Å². The zero-order chi connectivity index (χ0) is 13.8. The molecule has 1 aromatic heterocycles. The van der Waals surface area contributed by atoms with Crippen molar-refractivity contribution in [2.24, 2.45) is 0 Å². The van der Waals surface area contributed by atoms with Crippen LogP contribution in [-0.4, -0.2) is 9.97 Å². The van der Waals surface area contributed by atoms with Crippen molar-refractivity contribution in [2.75, 3.05) is 0 Å². The first-order valence-corrected chi connectivity index (χ1v) is 6.60. The van der Waals surface area contributed by atoms with Gasteiger partial charge < -0.3 is 4.74 Å². The lowest BCUT2D eigenvalue weighted by molar-refractivity contribution is 0.433. The molecule has 0 unspecified atom stereocenters. The number of rotatable bonds is 3. The maximum atomic E-state index is 8.81. The smallest absolute Gasteiger partial charge is 0.323 e. The summed E-state index contributed by atoms with van der Waals surface area (Å²) >= 11 is 3.44. The average molecular weight is 318 g/mol. The van der Waals surface area contributed by atoms with Gasteiger partial charge >= 0.3 is 6.01 Å². The summed E-state index contributed by atoms with van der Waals surface area (Å²) in [6.45, 7) is 4.17. The number of nitrogens with zero attached hydrogens (tertiary/aromatic N) is 3. The summed E-state index contributed by atoms with van der Waals surface area (Å²) in [5.74, 6) is 1.01. The molecule has 0 aliphatic carbocycles. The summed E-state index contributed by atoms with van der Waals surface area (Å²) in [4.78, 5) is 8.01. The van der Waals surface area contributed by atoms with Gasteiger partial charge in [0.05, 0.1) is 0 Å². The topological polar surface area (TPSA) is 58.8 Å². The Morgan fingerprint density at radius 2 is 2.11 bits per heavy atom. The van der Waals surface area contributed by atoms with Gasteiger partial charge in [0, 0.05) is 10.7 Å². The molecule has 0 atom stereocenters. The highest BCUT2D eigenvalue weighted by atomic mass is 79.9. The van der Waals surface area contributed by atoms with E-state index in [9.17, 15) is 0 Å². The Kier molecular flexibility index (Phi) is 4.13. The zero-order valence-corrected chi connectivity index (χ0v) is 12.2. The minimum absolute atomic E-state index is 0.184. The Morgan fingerprint density at radius 1 is 1.32 bits per heavy atom. The summed E-state index contributed by atoms with van der Waals surface area (Å²) in [5, 5.41) is 8.81. The molecule has 19 heavy (non-hydrogen) atoms. The molecule has 0 spiro atoms. The Morgan fingerprint density at radius 3 is 2.79 bits per heavy atom. The number of hydrogen-bond acceptors (Lipinski definition) is 4. The fraction of sp³-hybridized carbons (Fsp3) is 0.214. The van der Waals surface area contributed by atoms with Gasteiger partial charge in [-0.3, -0.25) is 0 Å². The minimum Gasteiger partial charge on any atom is -0.424 e. The molecule has 5 heteroatoms. The summed E-state index contributed by atoms with van der Waals surface area (Å²) < 4.78 is 6.67. The largest absolute Gasteiger partial charge is 0.424 e. The molecule has 0 saturated heterocycles. The van der Waals surface area contributed by atoms with Crippen LogP contribution in [-0.2, 0) is 0 Å². The molecule has 0 amide bonds. The van der Waals surface area contributed by atoms with E-state index in [2.05, 4.69) is 39.7 Å². The van der Waals surface area contributed by atoms with Crippen LogP contribution in [0.3, 0.4) is 0 Å². The zero-order valence-electron chi connectivity index (χ0n) is 10.6. The van der Waals surface area contributed by atoms with E-state index < -0.39 is 0 Å². The lowest BCUT2D eigenvalue weighted by atomic mass is 10.0. The normalized spacial score (nSPS) is 10.3. The molecule has 96 valence electrons. The highest BCUT2D eigenvalue weighted by molar-refractivity contribution is 9.10. The predicted octanol–water partition coefficient (Wildman–Crippen LogP) is 4.03. The molecule has 1 heterocycles. The molecular formula is C14H12BrN3O. The Labute approximate surface area is 120 Å². The van der Waals surface area contributed by atoms with Gasteiger partial charge in [-0.25, -0.2) is 4.98 Å². The first kappa shape index (κ1) is 13.5. The van der Waals surface area contributed by atoms with Crippen LogP contribution in [0.4, 0.5) is 0 Å². The highest BCUT2D eigenvalue weighted by Crippen LogP contribution is 2.31. The van der Waals surface area contributed by atoms with E-state index in [-0.39, 0.29) is 11.7 Å². The monoisotopic (exact) mass is 317 g/mol. The molecule has 2 rings (SSSR count). The summed E-state index contributed by atoms with van der Waals surface area (Å²) in [5.41, 5.74) is 1.34. The third kappa shape index (κ3) is 3.30. The van der Waals surface area contributed by atoms with Crippen molar-refractivity contribution in [3.63, 3.8) is 0 Å². The molecule has 0 aliphatic heterocycles. The quantitative estimate of drug-likeness (QED) is 0.857. The van der Waals surface area contributed by atoms with Gasteiger partial charge in [-0.05, 0) is 35.7 Å². The van der Waals surface area contributed by atoms with Gasteiger partial charge in [0.15, 0.2) is 0 Å². The highest BCUT2D eigenvalue weighted by Gasteiger charge is 2.11. The van der Waals surface area contributed by atoms with Crippen LogP contribution in [0.25, 0.3) is 0 Å². The summed E-state index contributed by atoms with van der Waals surface area (Å²) in [6, 6.07) is 9.45. The van der Waals surface area contributed by atoms with Crippen LogP contribution in [0.2, 0.25) is 0 Å². The van der Waals surface area contributed by atoms with Crippen molar-refractivity contribution in [2.45, 2.75) is 19.8 Å². The van der Waals surface area contributed by atoms with Crippen LogP contribution < -0.4 is 4.74 Å². The van der Waals surface area contributed by atoms with Crippen LogP contribution in [0.5, 0.6) is 11.8 Å². The number of benzene rings is 1. The maximum absolute atomic E-state index is 8.81. The lowest BCUT2D eigenvalue weighted by Crippen LogP contribution is -1.98. The Bertz CT molecular complexity index is 635. The molecule has 0 aliphatic rings. The van der Waals surface area contributed by atoms with Crippen LogP contribution in [0.15, 0.2) is 34.9 Å². The Hall–Kier alpha value is -1.93.